The summed E-state index contributed by atoms with van der Waals surface area (Å²) in [4.78, 5) is 42.3. The Kier molecular flexibility index (Phi) is 10.3. The number of hydrogen-bond donors (Lipinski definition) is 2. The predicted octanol–water partition coefficient (Wildman–Crippen LogP) is 6.16. The molecule has 2 aromatic rings. The number of nitrogens with zero attached hydrogens (tertiary/aromatic N) is 1. The number of anilines is 1. The Labute approximate surface area is 222 Å². The zero-order valence-corrected chi connectivity index (χ0v) is 23.7. The first kappa shape index (κ1) is 29.9. The first-order chi connectivity index (χ1) is 17.2. The van der Waals surface area contributed by atoms with Gasteiger partial charge in [0.15, 0.2) is 0 Å². The Morgan fingerprint density at radius 2 is 1.54 bits per heavy atom. The minimum Gasteiger partial charge on any atom is -0.444 e. The largest absolute Gasteiger partial charge is 0.444 e. The summed E-state index contributed by atoms with van der Waals surface area (Å²) in [6.45, 7) is 16.8. The molecular formula is C30H43N3O4. The lowest BCUT2D eigenvalue weighted by atomic mass is 9.96. The average Bonchev–Trinajstić information content (AvgIpc) is 2.81. The van der Waals surface area contributed by atoms with Crippen LogP contribution in [-0.4, -0.2) is 40.5 Å². The van der Waals surface area contributed by atoms with Crippen molar-refractivity contribution >= 4 is 23.6 Å². The van der Waals surface area contributed by atoms with Gasteiger partial charge in [-0.1, -0.05) is 68.8 Å². The molecule has 0 aliphatic heterocycles. The molecule has 0 spiro atoms. The topological polar surface area (TPSA) is 87.7 Å². The molecule has 0 radical (unpaired) electrons. The number of rotatable bonds is 9. The third-order valence-electron chi connectivity index (χ3n) is 6.25. The highest BCUT2D eigenvalue weighted by Crippen LogP contribution is 2.29. The van der Waals surface area contributed by atoms with Gasteiger partial charge < -0.3 is 20.3 Å². The second-order valence-electron chi connectivity index (χ2n) is 11.0. The van der Waals surface area contributed by atoms with E-state index in [0.29, 0.717) is 17.7 Å². The molecule has 3 atom stereocenters. The minimum absolute atomic E-state index is 0.232. The summed E-state index contributed by atoms with van der Waals surface area (Å²) in [7, 11) is 0. The van der Waals surface area contributed by atoms with Gasteiger partial charge in [0.1, 0.15) is 17.7 Å². The van der Waals surface area contributed by atoms with Crippen molar-refractivity contribution in [2.75, 3.05) is 5.32 Å². The molecule has 202 valence electrons. The van der Waals surface area contributed by atoms with Crippen molar-refractivity contribution in [3.63, 3.8) is 0 Å². The summed E-state index contributed by atoms with van der Waals surface area (Å²) in [6, 6.07) is 13.1. The molecule has 2 N–H and O–H groups in total. The lowest BCUT2D eigenvalue weighted by molar-refractivity contribution is -0.144. The zero-order valence-electron chi connectivity index (χ0n) is 23.7. The van der Waals surface area contributed by atoms with Gasteiger partial charge in [0.05, 0.1) is 0 Å². The Hall–Kier alpha value is -3.35. The van der Waals surface area contributed by atoms with Crippen molar-refractivity contribution in [3.8, 4) is 0 Å². The van der Waals surface area contributed by atoms with Gasteiger partial charge in [0.25, 0.3) is 5.91 Å². The monoisotopic (exact) mass is 509 g/mol. The van der Waals surface area contributed by atoms with Gasteiger partial charge in [-0.3, -0.25) is 9.59 Å². The van der Waals surface area contributed by atoms with Crippen LogP contribution in [0.1, 0.15) is 77.6 Å². The van der Waals surface area contributed by atoms with Gasteiger partial charge in [0.2, 0.25) is 5.91 Å². The van der Waals surface area contributed by atoms with Crippen molar-refractivity contribution in [2.24, 2.45) is 5.92 Å². The van der Waals surface area contributed by atoms with E-state index < -0.39 is 23.8 Å². The van der Waals surface area contributed by atoms with E-state index in [1.807, 2.05) is 90.1 Å². The Morgan fingerprint density at radius 1 is 0.946 bits per heavy atom. The number of benzene rings is 2. The van der Waals surface area contributed by atoms with E-state index in [4.69, 9.17) is 4.74 Å². The standard InChI is InChI=1S/C30H43N3O4/c1-10-22(6)33(28(35)25(19(2)3)32-29(36)37-30(7,8)9)26(23-17-15-20(4)16-18-23)27(34)31-24-14-12-11-13-21(24)5/h11-19,22,25-26H,10H2,1-9H3,(H,31,34)(H,32,36). The molecule has 0 aromatic heterocycles. The SMILES string of the molecule is CCC(C)N(C(=O)C(NC(=O)OC(C)(C)C)C(C)C)C(C(=O)Nc1ccccc1C)c1ccc(C)cc1. The number of alkyl carbamates (subject to hydrolysis) is 1. The van der Waals surface area contributed by atoms with Gasteiger partial charge in [0, 0.05) is 11.7 Å². The van der Waals surface area contributed by atoms with Crippen LogP contribution >= 0.6 is 0 Å². The van der Waals surface area contributed by atoms with Gasteiger partial charge in [-0.05, 0) is 71.1 Å². The maximum atomic E-state index is 14.2. The molecular weight excluding hydrogens is 466 g/mol. The first-order valence-electron chi connectivity index (χ1n) is 13.0. The molecule has 0 saturated heterocycles. The maximum Gasteiger partial charge on any atom is 0.408 e. The summed E-state index contributed by atoms with van der Waals surface area (Å²) >= 11 is 0. The Morgan fingerprint density at radius 3 is 2.05 bits per heavy atom. The quantitative estimate of drug-likeness (QED) is 0.424. The molecule has 0 saturated carbocycles. The summed E-state index contributed by atoms with van der Waals surface area (Å²) in [5.41, 5.74) is 2.66. The van der Waals surface area contributed by atoms with Crippen LogP contribution in [0.3, 0.4) is 0 Å². The fraction of sp³-hybridized carbons (Fsp3) is 0.500. The lowest BCUT2D eigenvalue weighted by Gasteiger charge is -2.39. The molecule has 0 aliphatic rings. The number of para-hydroxylation sites is 1. The van der Waals surface area contributed by atoms with Crippen molar-refractivity contribution in [1.82, 2.24) is 10.2 Å². The summed E-state index contributed by atoms with van der Waals surface area (Å²) in [5.74, 6) is -0.878. The van der Waals surface area contributed by atoms with Crippen LogP contribution in [-0.2, 0) is 14.3 Å². The minimum atomic E-state index is -0.899. The number of aryl methyl sites for hydroxylation is 2. The highest BCUT2D eigenvalue weighted by atomic mass is 16.6. The highest BCUT2D eigenvalue weighted by Gasteiger charge is 2.39. The Bertz CT molecular complexity index is 1070. The van der Waals surface area contributed by atoms with Gasteiger partial charge >= 0.3 is 6.09 Å². The van der Waals surface area contributed by atoms with E-state index in [2.05, 4.69) is 10.6 Å². The smallest absolute Gasteiger partial charge is 0.408 e. The van der Waals surface area contributed by atoms with Crippen LogP contribution in [0.15, 0.2) is 48.5 Å². The second kappa shape index (κ2) is 12.7. The third-order valence-corrected chi connectivity index (χ3v) is 6.25. The van der Waals surface area contributed by atoms with E-state index in [9.17, 15) is 14.4 Å². The third kappa shape index (κ3) is 8.34. The van der Waals surface area contributed by atoms with Crippen LogP contribution < -0.4 is 10.6 Å². The second-order valence-corrected chi connectivity index (χ2v) is 11.0. The molecule has 0 bridgehead atoms. The summed E-state index contributed by atoms with van der Waals surface area (Å²) in [5, 5.41) is 5.79. The normalized spacial score (nSPS) is 13.9. The summed E-state index contributed by atoms with van der Waals surface area (Å²) < 4.78 is 5.43. The van der Waals surface area contributed by atoms with Gasteiger partial charge in [-0.25, -0.2) is 4.79 Å². The van der Waals surface area contributed by atoms with Crippen molar-refractivity contribution in [3.05, 3.63) is 65.2 Å². The van der Waals surface area contributed by atoms with Gasteiger partial charge in [-0.2, -0.15) is 0 Å². The van der Waals surface area contributed by atoms with Crippen LogP contribution in [0, 0.1) is 19.8 Å². The van der Waals surface area contributed by atoms with Gasteiger partial charge in [-0.15, -0.1) is 0 Å². The van der Waals surface area contributed by atoms with E-state index in [0.717, 1.165) is 11.1 Å². The fourth-order valence-corrected chi connectivity index (χ4v) is 4.01. The lowest BCUT2D eigenvalue weighted by Crippen LogP contribution is -2.56. The number of hydrogen-bond acceptors (Lipinski definition) is 4. The van der Waals surface area contributed by atoms with Crippen LogP contribution in [0.4, 0.5) is 10.5 Å². The number of carbonyl (C=O) groups excluding carboxylic acids is 3. The highest BCUT2D eigenvalue weighted by molar-refractivity contribution is 5.99. The van der Waals surface area contributed by atoms with E-state index >= 15 is 0 Å². The number of ether oxygens (including phenoxy) is 1. The van der Waals surface area contributed by atoms with E-state index in [1.54, 1.807) is 25.7 Å². The number of nitrogens with one attached hydrogen (secondary N) is 2. The summed E-state index contributed by atoms with van der Waals surface area (Å²) in [6.07, 6.45) is -0.0388. The van der Waals surface area contributed by atoms with E-state index in [1.165, 1.54) is 0 Å². The zero-order chi connectivity index (χ0) is 27.9. The molecule has 3 amide bonds. The fourth-order valence-electron chi connectivity index (χ4n) is 4.01. The van der Waals surface area contributed by atoms with Crippen molar-refractivity contribution < 1.29 is 19.1 Å². The number of carbonyl (C=O) groups is 3. The van der Waals surface area contributed by atoms with Crippen LogP contribution in [0.25, 0.3) is 0 Å². The van der Waals surface area contributed by atoms with Crippen LogP contribution in [0.2, 0.25) is 0 Å². The van der Waals surface area contributed by atoms with Crippen molar-refractivity contribution in [1.29, 1.82) is 0 Å². The molecule has 37 heavy (non-hydrogen) atoms. The molecule has 0 aliphatic carbocycles. The van der Waals surface area contributed by atoms with Crippen LogP contribution in [0.5, 0.6) is 0 Å². The molecule has 2 rings (SSSR count). The molecule has 0 heterocycles. The predicted molar refractivity (Wildman–Crippen MR) is 148 cm³/mol. The average molecular weight is 510 g/mol. The van der Waals surface area contributed by atoms with E-state index in [-0.39, 0.29) is 23.8 Å². The Balaban J connectivity index is 2.55. The first-order valence-corrected chi connectivity index (χ1v) is 13.0. The molecule has 2 aromatic carbocycles. The molecule has 3 unspecified atom stereocenters. The maximum absolute atomic E-state index is 14.2. The molecule has 7 nitrogen and oxygen atoms in total. The van der Waals surface area contributed by atoms with Crippen molar-refractivity contribution in [2.45, 2.75) is 92.5 Å². The molecule has 0 fully saturated rings. The molecule has 7 heteroatoms. The number of amides is 3.